The minimum atomic E-state index is -3.21. The molecule has 1 saturated heterocycles. The van der Waals surface area contributed by atoms with E-state index in [0.29, 0.717) is 6.42 Å². The molecular formula is C14H24N4O2S. The average Bonchev–Trinajstić information content (AvgIpc) is 2.83. The molecule has 2 rings (SSSR count). The molecule has 2 heterocycles. The summed E-state index contributed by atoms with van der Waals surface area (Å²) in [4.78, 5) is 11.1. The zero-order valence-electron chi connectivity index (χ0n) is 13.0. The second-order valence-electron chi connectivity index (χ2n) is 5.61. The van der Waals surface area contributed by atoms with E-state index in [1.165, 1.54) is 0 Å². The Morgan fingerprint density at radius 1 is 1.48 bits per heavy atom. The van der Waals surface area contributed by atoms with Gasteiger partial charge in [-0.3, -0.25) is 4.90 Å². The van der Waals surface area contributed by atoms with Crippen LogP contribution in [0.1, 0.15) is 49.3 Å². The Hall–Kier alpha value is -1.05. The molecule has 0 unspecified atom stereocenters. The van der Waals surface area contributed by atoms with Crippen molar-refractivity contribution >= 4 is 10.0 Å². The van der Waals surface area contributed by atoms with Crippen molar-refractivity contribution in [2.45, 2.75) is 45.7 Å². The summed E-state index contributed by atoms with van der Waals surface area (Å²) in [6, 6.07) is 0.261. The average molecular weight is 312 g/mol. The SMILES string of the molecule is CCCS(=O)(=O)NCc1cnc(C)nc1[C@@H]1CCCN1C. The topological polar surface area (TPSA) is 75.2 Å². The van der Waals surface area contributed by atoms with Crippen LogP contribution in [-0.4, -0.2) is 42.6 Å². The third-order valence-electron chi connectivity index (χ3n) is 3.81. The van der Waals surface area contributed by atoms with E-state index in [2.05, 4.69) is 26.6 Å². The standard InChI is InChI=1S/C14H24N4O2S/c1-4-8-21(19,20)16-10-12-9-15-11(2)17-14(12)13-6-5-7-18(13)3/h9,13,16H,4-8,10H2,1-3H3/t13-/m0/s1. The largest absolute Gasteiger partial charge is 0.298 e. The first-order chi connectivity index (χ1) is 9.93. The van der Waals surface area contributed by atoms with Gasteiger partial charge in [0.15, 0.2) is 0 Å². The second kappa shape index (κ2) is 6.81. The molecule has 0 bridgehead atoms. The summed E-state index contributed by atoms with van der Waals surface area (Å²) >= 11 is 0. The molecule has 1 fully saturated rings. The first kappa shape index (κ1) is 16.3. The second-order valence-corrected chi connectivity index (χ2v) is 7.53. The molecule has 7 heteroatoms. The molecule has 1 aliphatic rings. The Bertz CT molecular complexity index is 589. The fourth-order valence-electron chi connectivity index (χ4n) is 2.72. The third-order valence-corrected chi connectivity index (χ3v) is 5.34. The molecule has 1 aliphatic heterocycles. The molecule has 0 amide bonds. The predicted molar refractivity (Wildman–Crippen MR) is 82.3 cm³/mol. The summed E-state index contributed by atoms with van der Waals surface area (Å²) in [5.41, 5.74) is 1.83. The monoisotopic (exact) mass is 312 g/mol. The number of sulfonamides is 1. The van der Waals surface area contributed by atoms with Crippen molar-refractivity contribution in [3.63, 3.8) is 0 Å². The van der Waals surface area contributed by atoms with E-state index in [-0.39, 0.29) is 18.3 Å². The molecule has 0 radical (unpaired) electrons. The van der Waals surface area contributed by atoms with E-state index >= 15 is 0 Å². The molecule has 0 aliphatic carbocycles. The fraction of sp³-hybridized carbons (Fsp3) is 0.714. The quantitative estimate of drug-likeness (QED) is 0.859. The van der Waals surface area contributed by atoms with Gasteiger partial charge in [0.25, 0.3) is 0 Å². The van der Waals surface area contributed by atoms with Crippen molar-refractivity contribution in [2.75, 3.05) is 19.3 Å². The van der Waals surface area contributed by atoms with E-state index in [1.807, 2.05) is 13.8 Å². The number of nitrogens with one attached hydrogen (secondary N) is 1. The Balaban J connectivity index is 2.19. The van der Waals surface area contributed by atoms with Crippen molar-refractivity contribution in [3.05, 3.63) is 23.3 Å². The van der Waals surface area contributed by atoms with E-state index < -0.39 is 10.0 Å². The predicted octanol–water partition coefficient (Wildman–Crippen LogP) is 1.38. The minimum absolute atomic E-state index is 0.151. The Morgan fingerprint density at radius 3 is 2.86 bits per heavy atom. The lowest BCUT2D eigenvalue weighted by molar-refractivity contribution is 0.309. The molecule has 0 saturated carbocycles. The number of hydrogen-bond acceptors (Lipinski definition) is 5. The maximum absolute atomic E-state index is 11.8. The maximum atomic E-state index is 11.8. The van der Waals surface area contributed by atoms with Gasteiger partial charge in [0, 0.05) is 18.3 Å². The van der Waals surface area contributed by atoms with E-state index in [0.717, 1.165) is 36.5 Å². The number of aromatic nitrogens is 2. The normalized spacial score (nSPS) is 20.0. The zero-order valence-corrected chi connectivity index (χ0v) is 13.8. The van der Waals surface area contributed by atoms with Crippen LogP contribution in [0.5, 0.6) is 0 Å². The summed E-state index contributed by atoms with van der Waals surface area (Å²) in [6.07, 6.45) is 4.56. The lowest BCUT2D eigenvalue weighted by Gasteiger charge is -2.21. The van der Waals surface area contributed by atoms with Crippen LogP contribution in [0.3, 0.4) is 0 Å². The van der Waals surface area contributed by atoms with Crippen LogP contribution >= 0.6 is 0 Å². The van der Waals surface area contributed by atoms with E-state index in [4.69, 9.17) is 0 Å². The van der Waals surface area contributed by atoms with Crippen molar-refractivity contribution in [1.29, 1.82) is 0 Å². The number of hydrogen-bond donors (Lipinski definition) is 1. The van der Waals surface area contributed by atoms with Gasteiger partial charge in [0.2, 0.25) is 10.0 Å². The number of aryl methyl sites for hydroxylation is 1. The highest BCUT2D eigenvalue weighted by Gasteiger charge is 2.26. The molecule has 1 aromatic rings. The highest BCUT2D eigenvalue weighted by Crippen LogP contribution is 2.31. The van der Waals surface area contributed by atoms with Gasteiger partial charge in [0.05, 0.1) is 17.5 Å². The van der Waals surface area contributed by atoms with Crippen LogP contribution in [0.2, 0.25) is 0 Å². The molecule has 21 heavy (non-hydrogen) atoms. The van der Waals surface area contributed by atoms with Gasteiger partial charge >= 0.3 is 0 Å². The number of rotatable bonds is 6. The van der Waals surface area contributed by atoms with Crippen LogP contribution in [0, 0.1) is 6.92 Å². The van der Waals surface area contributed by atoms with Crippen LogP contribution in [-0.2, 0) is 16.6 Å². The van der Waals surface area contributed by atoms with Crippen LogP contribution < -0.4 is 4.72 Å². The lowest BCUT2D eigenvalue weighted by Crippen LogP contribution is -2.28. The van der Waals surface area contributed by atoms with E-state index in [1.54, 1.807) is 6.20 Å². The van der Waals surface area contributed by atoms with Gasteiger partial charge in [0.1, 0.15) is 5.82 Å². The molecule has 1 atom stereocenters. The van der Waals surface area contributed by atoms with Gasteiger partial charge in [-0.1, -0.05) is 6.92 Å². The first-order valence-corrected chi connectivity index (χ1v) is 9.08. The van der Waals surface area contributed by atoms with Crippen molar-refractivity contribution < 1.29 is 8.42 Å². The summed E-state index contributed by atoms with van der Waals surface area (Å²) in [6.45, 7) is 5.04. The molecule has 6 nitrogen and oxygen atoms in total. The Morgan fingerprint density at radius 2 is 2.24 bits per heavy atom. The van der Waals surface area contributed by atoms with Crippen molar-refractivity contribution in [1.82, 2.24) is 19.6 Å². The molecule has 0 aromatic carbocycles. The highest BCUT2D eigenvalue weighted by atomic mass is 32.2. The lowest BCUT2D eigenvalue weighted by atomic mass is 10.1. The first-order valence-electron chi connectivity index (χ1n) is 7.43. The molecule has 1 N–H and O–H groups in total. The Labute approximate surface area is 127 Å². The van der Waals surface area contributed by atoms with Gasteiger partial charge in [-0.05, 0) is 39.8 Å². The molecule has 118 valence electrons. The third kappa shape index (κ3) is 4.21. The van der Waals surface area contributed by atoms with Crippen LogP contribution in [0.25, 0.3) is 0 Å². The van der Waals surface area contributed by atoms with Crippen LogP contribution in [0.4, 0.5) is 0 Å². The zero-order chi connectivity index (χ0) is 15.5. The summed E-state index contributed by atoms with van der Waals surface area (Å²) in [7, 11) is -1.13. The smallest absolute Gasteiger partial charge is 0.211 e. The molecule has 0 spiro atoms. The molecular weight excluding hydrogens is 288 g/mol. The summed E-state index contributed by atoms with van der Waals surface area (Å²) < 4.78 is 26.3. The van der Waals surface area contributed by atoms with Crippen molar-refractivity contribution in [3.8, 4) is 0 Å². The summed E-state index contributed by atoms with van der Waals surface area (Å²) in [5, 5.41) is 0. The number of likely N-dealkylation sites (tertiary alicyclic amines) is 1. The maximum Gasteiger partial charge on any atom is 0.211 e. The van der Waals surface area contributed by atoms with Gasteiger partial charge in [-0.15, -0.1) is 0 Å². The Kier molecular flexibility index (Phi) is 5.29. The van der Waals surface area contributed by atoms with E-state index in [9.17, 15) is 8.42 Å². The van der Waals surface area contributed by atoms with Gasteiger partial charge in [-0.25, -0.2) is 23.1 Å². The highest BCUT2D eigenvalue weighted by molar-refractivity contribution is 7.89. The van der Waals surface area contributed by atoms with Gasteiger partial charge in [-0.2, -0.15) is 0 Å². The number of nitrogens with zero attached hydrogens (tertiary/aromatic N) is 3. The van der Waals surface area contributed by atoms with Crippen molar-refractivity contribution in [2.24, 2.45) is 0 Å². The molecule has 1 aromatic heterocycles. The minimum Gasteiger partial charge on any atom is -0.298 e. The van der Waals surface area contributed by atoms with Crippen LogP contribution in [0.15, 0.2) is 6.20 Å². The summed E-state index contributed by atoms with van der Waals surface area (Å²) in [5.74, 6) is 0.878. The van der Waals surface area contributed by atoms with Gasteiger partial charge < -0.3 is 0 Å². The fourth-order valence-corrected chi connectivity index (χ4v) is 3.78.